The zero-order chi connectivity index (χ0) is 15.0. The molecule has 0 spiro atoms. The van der Waals surface area contributed by atoms with Gasteiger partial charge >= 0.3 is 0 Å². The molecule has 0 saturated carbocycles. The van der Waals surface area contributed by atoms with Crippen molar-refractivity contribution in [1.82, 2.24) is 15.0 Å². The second-order valence-corrected chi connectivity index (χ2v) is 4.69. The van der Waals surface area contributed by atoms with E-state index in [1.165, 1.54) is 0 Å². The lowest BCUT2D eigenvalue weighted by Gasteiger charge is -2.23. The molecule has 0 radical (unpaired) electrons. The predicted molar refractivity (Wildman–Crippen MR) is 80.1 cm³/mol. The van der Waals surface area contributed by atoms with E-state index in [0.29, 0.717) is 5.75 Å². The number of rotatable bonds is 3. The van der Waals surface area contributed by atoms with Crippen LogP contribution in [0, 0.1) is 6.92 Å². The van der Waals surface area contributed by atoms with Gasteiger partial charge in [0, 0.05) is 12.3 Å². The van der Waals surface area contributed by atoms with Gasteiger partial charge in [-0.15, -0.1) is 0 Å². The zero-order valence-corrected chi connectivity index (χ0v) is 11.8. The van der Waals surface area contributed by atoms with Crippen molar-refractivity contribution in [3.63, 3.8) is 0 Å². The third-order valence-corrected chi connectivity index (χ3v) is 3.20. The van der Waals surface area contributed by atoms with Crippen LogP contribution in [-0.2, 0) is 0 Å². The molecule has 1 aromatic carbocycles. The minimum atomic E-state index is -0.559. The summed E-state index contributed by atoms with van der Waals surface area (Å²) in [7, 11) is 1.62. The minimum Gasteiger partial charge on any atom is -0.494 e. The number of imidazole rings is 1. The fraction of sp³-hybridized carbons (Fsp3) is 0.231. The molecule has 2 aromatic rings. The summed E-state index contributed by atoms with van der Waals surface area (Å²) in [5.74, 6) is 0.986. The fourth-order valence-corrected chi connectivity index (χ4v) is 2.22. The third kappa shape index (κ3) is 2.36. The van der Waals surface area contributed by atoms with Crippen molar-refractivity contribution in [2.45, 2.75) is 13.2 Å². The van der Waals surface area contributed by atoms with Gasteiger partial charge in [0.25, 0.3) is 0 Å². The first-order chi connectivity index (χ1) is 10.1. The fourth-order valence-electron chi connectivity index (χ4n) is 2.22. The summed E-state index contributed by atoms with van der Waals surface area (Å²) in [6.45, 7) is 1.94. The van der Waals surface area contributed by atoms with Gasteiger partial charge in [-0.25, -0.2) is 15.0 Å². The molecule has 8 heteroatoms. The van der Waals surface area contributed by atoms with Gasteiger partial charge in [-0.3, -0.25) is 11.2 Å². The van der Waals surface area contributed by atoms with Crippen molar-refractivity contribution in [3.8, 4) is 11.4 Å². The van der Waals surface area contributed by atoms with Gasteiger partial charge in [-0.2, -0.15) is 0 Å². The van der Waals surface area contributed by atoms with E-state index in [0.717, 1.165) is 17.1 Å². The lowest BCUT2D eigenvalue weighted by molar-refractivity contribution is 0.412. The van der Waals surface area contributed by atoms with Gasteiger partial charge in [0.2, 0.25) is 5.96 Å². The molecule has 0 amide bonds. The lowest BCUT2D eigenvalue weighted by Crippen LogP contribution is -2.46. The van der Waals surface area contributed by atoms with E-state index >= 15 is 0 Å². The van der Waals surface area contributed by atoms with Crippen LogP contribution < -0.4 is 26.6 Å². The first-order valence-corrected chi connectivity index (χ1v) is 6.42. The Bertz CT molecular complexity index is 694. The molecule has 0 aliphatic carbocycles. The molecular weight excluding hydrogens is 270 g/mol. The molecule has 8 nitrogen and oxygen atoms in total. The summed E-state index contributed by atoms with van der Waals surface area (Å²) < 4.78 is 7.36. The number of methoxy groups -OCH3 is 1. The first kappa shape index (κ1) is 13.3. The maximum atomic E-state index is 5.89. The average molecular weight is 287 g/mol. The van der Waals surface area contributed by atoms with Gasteiger partial charge in [-0.05, 0) is 19.1 Å². The van der Waals surface area contributed by atoms with E-state index in [9.17, 15) is 0 Å². The second-order valence-electron chi connectivity index (χ2n) is 4.69. The van der Waals surface area contributed by atoms with Gasteiger partial charge in [0.05, 0.1) is 30.5 Å². The highest BCUT2D eigenvalue weighted by atomic mass is 16.5. The molecule has 1 atom stereocenters. The highest BCUT2D eigenvalue weighted by Gasteiger charge is 2.22. The standard InChI is InChI=1S/C13H17N7O/c1-8-6-19(7-16-8)10-4-3-9(5-11(10)21-2)20-13(15)17-12(14)18-20/h3-7,13H,15H2,1-2H3,(H3,14,17,18). The number of hydrazine groups is 1. The number of anilines is 1. The number of nitrogens with zero attached hydrogens (tertiary/aromatic N) is 4. The first-order valence-electron chi connectivity index (χ1n) is 6.42. The van der Waals surface area contributed by atoms with Crippen molar-refractivity contribution >= 4 is 11.6 Å². The van der Waals surface area contributed by atoms with E-state index in [2.05, 4.69) is 15.4 Å². The molecule has 110 valence electrons. The second kappa shape index (κ2) is 4.98. The molecule has 1 unspecified atom stereocenters. The van der Waals surface area contributed by atoms with Crippen LogP contribution in [-0.4, -0.2) is 28.9 Å². The molecule has 21 heavy (non-hydrogen) atoms. The highest BCUT2D eigenvalue weighted by molar-refractivity contribution is 5.82. The topological polar surface area (TPSA) is 107 Å². The normalized spacial score (nSPS) is 17.6. The molecule has 0 bridgehead atoms. The average Bonchev–Trinajstić information content (AvgIpc) is 3.04. The monoisotopic (exact) mass is 287 g/mol. The van der Waals surface area contributed by atoms with Gasteiger partial charge in [-0.1, -0.05) is 0 Å². The number of hydrogen-bond donors (Lipinski definition) is 3. The van der Waals surface area contributed by atoms with Gasteiger partial charge < -0.3 is 15.0 Å². The number of aryl methyl sites for hydroxylation is 1. The van der Waals surface area contributed by atoms with E-state index in [1.807, 2.05) is 35.9 Å². The Morgan fingerprint density at radius 3 is 2.76 bits per heavy atom. The van der Waals surface area contributed by atoms with Crippen molar-refractivity contribution in [3.05, 3.63) is 36.4 Å². The number of nitrogens with one attached hydrogen (secondary N) is 1. The molecule has 0 fully saturated rings. The van der Waals surface area contributed by atoms with Crippen LogP contribution in [0.25, 0.3) is 5.69 Å². The van der Waals surface area contributed by atoms with Crippen LogP contribution in [0.3, 0.4) is 0 Å². The summed E-state index contributed by atoms with van der Waals surface area (Å²) in [5.41, 5.74) is 17.0. The number of guanidine groups is 1. The van der Waals surface area contributed by atoms with Gasteiger partial charge in [0.15, 0.2) is 6.29 Å². The quantitative estimate of drug-likeness (QED) is 0.737. The predicted octanol–water partition coefficient (Wildman–Crippen LogP) is 0.0709. The van der Waals surface area contributed by atoms with Crippen LogP contribution in [0.5, 0.6) is 5.75 Å². The van der Waals surface area contributed by atoms with Crippen molar-refractivity contribution in [2.75, 3.05) is 12.1 Å². The third-order valence-electron chi connectivity index (χ3n) is 3.20. The molecule has 2 heterocycles. The summed E-state index contributed by atoms with van der Waals surface area (Å²) in [5, 5.41) is 1.67. The summed E-state index contributed by atoms with van der Waals surface area (Å²) in [6.07, 6.45) is 3.11. The minimum absolute atomic E-state index is 0.288. The summed E-state index contributed by atoms with van der Waals surface area (Å²) in [6, 6.07) is 5.71. The van der Waals surface area contributed by atoms with E-state index < -0.39 is 6.29 Å². The van der Waals surface area contributed by atoms with E-state index in [1.54, 1.807) is 18.4 Å². The zero-order valence-electron chi connectivity index (χ0n) is 11.8. The molecule has 5 N–H and O–H groups in total. The Morgan fingerprint density at radius 2 is 2.19 bits per heavy atom. The largest absolute Gasteiger partial charge is 0.494 e. The van der Waals surface area contributed by atoms with Crippen molar-refractivity contribution in [1.29, 1.82) is 0 Å². The number of aromatic nitrogens is 2. The number of aliphatic imine (C=N–C) groups is 1. The Balaban J connectivity index is 1.96. The van der Waals surface area contributed by atoms with Crippen molar-refractivity contribution in [2.24, 2.45) is 16.5 Å². The number of nitrogens with two attached hydrogens (primary N) is 2. The molecule has 1 aromatic heterocycles. The Kier molecular flexibility index (Phi) is 3.15. The van der Waals surface area contributed by atoms with Crippen LogP contribution in [0.4, 0.5) is 5.69 Å². The Hall–Kier alpha value is -2.74. The maximum absolute atomic E-state index is 5.89. The van der Waals surface area contributed by atoms with E-state index in [4.69, 9.17) is 16.2 Å². The summed E-state index contributed by atoms with van der Waals surface area (Å²) >= 11 is 0. The number of hydrogen-bond acceptors (Lipinski definition) is 7. The molecule has 0 saturated heterocycles. The Labute approximate surface area is 122 Å². The Morgan fingerprint density at radius 1 is 1.38 bits per heavy atom. The van der Waals surface area contributed by atoms with Crippen LogP contribution >= 0.6 is 0 Å². The number of benzene rings is 1. The molecule has 3 rings (SSSR count). The molecule has 1 aliphatic rings. The van der Waals surface area contributed by atoms with E-state index in [-0.39, 0.29) is 5.96 Å². The maximum Gasteiger partial charge on any atom is 0.211 e. The van der Waals surface area contributed by atoms with Crippen molar-refractivity contribution < 1.29 is 4.74 Å². The van der Waals surface area contributed by atoms with Gasteiger partial charge in [0.1, 0.15) is 5.75 Å². The molecular formula is C13H17N7O. The summed E-state index contributed by atoms with van der Waals surface area (Å²) in [4.78, 5) is 8.24. The SMILES string of the molecule is COc1cc(N2NC(N)=NC2N)ccc1-n1cnc(C)c1. The van der Waals surface area contributed by atoms with Crippen LogP contribution in [0.15, 0.2) is 35.7 Å². The van der Waals surface area contributed by atoms with Crippen LogP contribution in [0.2, 0.25) is 0 Å². The number of ether oxygens (including phenoxy) is 1. The lowest BCUT2D eigenvalue weighted by atomic mass is 10.2. The molecule has 1 aliphatic heterocycles. The van der Waals surface area contributed by atoms with Crippen LogP contribution in [0.1, 0.15) is 5.69 Å². The smallest absolute Gasteiger partial charge is 0.211 e. The highest BCUT2D eigenvalue weighted by Crippen LogP contribution is 2.29.